The molecule has 8 heteroatoms. The molecule has 0 aliphatic heterocycles. The van der Waals surface area contributed by atoms with Crippen LogP contribution in [0.2, 0.25) is 0 Å². The number of rotatable bonds is 6. The van der Waals surface area contributed by atoms with E-state index in [1.54, 1.807) is 30.1 Å². The smallest absolute Gasteiger partial charge is 0.335 e. The van der Waals surface area contributed by atoms with Gasteiger partial charge in [0, 0.05) is 18.4 Å². The van der Waals surface area contributed by atoms with Gasteiger partial charge in [0.2, 0.25) is 10.0 Å². The van der Waals surface area contributed by atoms with Crippen LogP contribution in [0.4, 0.5) is 0 Å². The summed E-state index contributed by atoms with van der Waals surface area (Å²) in [5.74, 6) is -1.10. The summed E-state index contributed by atoms with van der Waals surface area (Å²) in [5.41, 5.74) is 0.0403. The Morgan fingerprint density at radius 1 is 1.38 bits per heavy atom. The van der Waals surface area contributed by atoms with E-state index >= 15 is 0 Å². The van der Waals surface area contributed by atoms with Crippen molar-refractivity contribution in [2.45, 2.75) is 24.4 Å². The average molecular weight is 309 g/mol. The molecule has 0 aliphatic rings. The first-order valence-corrected chi connectivity index (χ1v) is 7.70. The molecule has 0 saturated carbocycles. The van der Waals surface area contributed by atoms with E-state index < -0.39 is 16.0 Å². The number of aromatic carboxylic acids is 1. The molecule has 0 radical (unpaired) electrons. The number of nitrogens with one attached hydrogen (secondary N) is 1. The molecule has 112 valence electrons. The van der Waals surface area contributed by atoms with Gasteiger partial charge < -0.3 is 5.11 Å². The molecule has 1 aromatic heterocycles. The quantitative estimate of drug-likeness (QED) is 0.827. The highest BCUT2D eigenvalue weighted by Gasteiger charge is 2.18. The van der Waals surface area contributed by atoms with Crippen molar-refractivity contribution in [3.8, 4) is 0 Å². The van der Waals surface area contributed by atoms with E-state index in [2.05, 4.69) is 9.82 Å². The van der Waals surface area contributed by atoms with Crippen LogP contribution in [0.1, 0.15) is 17.3 Å². The molecule has 2 aromatic rings. The first-order valence-electron chi connectivity index (χ1n) is 6.21. The SMILES string of the molecule is C[C@H](Cn1cccn1)NS(=O)(=O)c1ccc(C(=O)O)cc1. The van der Waals surface area contributed by atoms with Crippen LogP contribution in [0.5, 0.6) is 0 Å². The van der Waals surface area contributed by atoms with E-state index in [1.807, 2.05) is 0 Å². The third-order valence-corrected chi connectivity index (χ3v) is 4.39. The summed E-state index contributed by atoms with van der Waals surface area (Å²) < 4.78 is 28.5. The molecule has 0 fully saturated rings. The topological polar surface area (TPSA) is 101 Å². The summed E-state index contributed by atoms with van der Waals surface area (Å²) in [7, 11) is -3.69. The summed E-state index contributed by atoms with van der Waals surface area (Å²) in [6, 6.07) is 6.46. The van der Waals surface area contributed by atoms with Crippen LogP contribution < -0.4 is 4.72 Å². The van der Waals surface area contributed by atoms with Crippen LogP contribution >= 0.6 is 0 Å². The normalized spacial score (nSPS) is 13.0. The third kappa shape index (κ3) is 3.89. The molecule has 2 rings (SSSR count). The molecule has 0 bridgehead atoms. The Bertz CT molecular complexity index is 708. The fourth-order valence-electron chi connectivity index (χ4n) is 1.84. The second-order valence-corrected chi connectivity index (χ2v) is 6.29. The first-order chi connectivity index (χ1) is 9.88. The molecule has 21 heavy (non-hydrogen) atoms. The molecule has 0 amide bonds. The zero-order valence-corrected chi connectivity index (χ0v) is 12.1. The number of nitrogens with zero attached hydrogens (tertiary/aromatic N) is 2. The number of sulfonamides is 1. The molecule has 7 nitrogen and oxygen atoms in total. The van der Waals surface area contributed by atoms with E-state index in [4.69, 9.17) is 5.11 Å². The van der Waals surface area contributed by atoms with Crippen molar-refractivity contribution in [2.24, 2.45) is 0 Å². The van der Waals surface area contributed by atoms with Crippen molar-refractivity contribution < 1.29 is 18.3 Å². The van der Waals surface area contributed by atoms with Gasteiger partial charge in [-0.05, 0) is 37.3 Å². The minimum Gasteiger partial charge on any atom is -0.478 e. The minimum absolute atomic E-state index is 0.0276. The van der Waals surface area contributed by atoms with Crippen molar-refractivity contribution in [1.82, 2.24) is 14.5 Å². The number of carbonyl (C=O) groups is 1. The highest BCUT2D eigenvalue weighted by molar-refractivity contribution is 7.89. The van der Waals surface area contributed by atoms with E-state index in [1.165, 1.54) is 24.3 Å². The van der Waals surface area contributed by atoms with Gasteiger partial charge in [0.25, 0.3) is 0 Å². The minimum atomic E-state index is -3.69. The van der Waals surface area contributed by atoms with Gasteiger partial charge in [0.15, 0.2) is 0 Å². The lowest BCUT2D eigenvalue weighted by Gasteiger charge is -2.14. The maximum Gasteiger partial charge on any atom is 0.335 e. The number of carboxylic acid groups (broad SMARTS) is 1. The summed E-state index contributed by atoms with van der Waals surface area (Å²) >= 11 is 0. The fourth-order valence-corrected chi connectivity index (χ4v) is 3.07. The van der Waals surface area contributed by atoms with Crippen LogP contribution in [0.25, 0.3) is 0 Å². The molecule has 1 atom stereocenters. The Balaban J connectivity index is 2.08. The Morgan fingerprint density at radius 3 is 2.57 bits per heavy atom. The van der Waals surface area contributed by atoms with Crippen molar-refractivity contribution in [3.05, 3.63) is 48.3 Å². The molecule has 1 aromatic carbocycles. The molecule has 0 aliphatic carbocycles. The molecule has 1 heterocycles. The van der Waals surface area contributed by atoms with Crippen LogP contribution in [0.15, 0.2) is 47.6 Å². The van der Waals surface area contributed by atoms with E-state index in [0.29, 0.717) is 6.54 Å². The zero-order valence-electron chi connectivity index (χ0n) is 11.3. The zero-order chi connectivity index (χ0) is 15.5. The fraction of sp³-hybridized carbons (Fsp3) is 0.231. The maximum atomic E-state index is 12.2. The van der Waals surface area contributed by atoms with Gasteiger partial charge in [-0.25, -0.2) is 17.9 Å². The van der Waals surface area contributed by atoms with Gasteiger partial charge in [0.05, 0.1) is 17.0 Å². The Morgan fingerprint density at radius 2 is 2.05 bits per heavy atom. The van der Waals surface area contributed by atoms with E-state index in [9.17, 15) is 13.2 Å². The van der Waals surface area contributed by atoms with E-state index in [-0.39, 0.29) is 16.5 Å². The Kier molecular flexibility index (Phi) is 4.39. The van der Waals surface area contributed by atoms with Crippen molar-refractivity contribution >= 4 is 16.0 Å². The summed E-state index contributed by atoms with van der Waals surface area (Å²) in [6.07, 6.45) is 3.36. The predicted molar refractivity (Wildman–Crippen MR) is 75.4 cm³/mol. The molecule has 0 spiro atoms. The highest BCUT2D eigenvalue weighted by atomic mass is 32.2. The van der Waals surface area contributed by atoms with Gasteiger partial charge in [-0.1, -0.05) is 0 Å². The number of aromatic nitrogens is 2. The predicted octanol–water partition coefficient (Wildman–Crippen LogP) is 0.948. The first kappa shape index (κ1) is 15.2. The van der Waals surface area contributed by atoms with Gasteiger partial charge >= 0.3 is 5.97 Å². The van der Waals surface area contributed by atoms with E-state index in [0.717, 1.165) is 0 Å². The summed E-state index contributed by atoms with van der Waals surface area (Å²) in [6.45, 7) is 2.13. The summed E-state index contributed by atoms with van der Waals surface area (Å²) in [5, 5.41) is 12.8. The lowest BCUT2D eigenvalue weighted by atomic mass is 10.2. The Hall–Kier alpha value is -2.19. The van der Waals surface area contributed by atoms with Crippen LogP contribution in [-0.2, 0) is 16.6 Å². The lowest BCUT2D eigenvalue weighted by molar-refractivity contribution is 0.0696. The summed E-state index contributed by atoms with van der Waals surface area (Å²) in [4.78, 5) is 10.8. The highest BCUT2D eigenvalue weighted by Crippen LogP contribution is 2.11. The average Bonchev–Trinajstić information content (AvgIpc) is 2.90. The van der Waals surface area contributed by atoms with Gasteiger partial charge in [0.1, 0.15) is 0 Å². The van der Waals surface area contributed by atoms with Crippen molar-refractivity contribution in [3.63, 3.8) is 0 Å². The molecule has 0 saturated heterocycles. The second kappa shape index (κ2) is 6.06. The largest absolute Gasteiger partial charge is 0.478 e. The van der Waals surface area contributed by atoms with Crippen molar-refractivity contribution in [2.75, 3.05) is 0 Å². The van der Waals surface area contributed by atoms with Gasteiger partial charge in [-0.2, -0.15) is 5.10 Å². The molecular weight excluding hydrogens is 294 g/mol. The second-order valence-electron chi connectivity index (χ2n) is 4.58. The monoisotopic (exact) mass is 309 g/mol. The maximum absolute atomic E-state index is 12.2. The van der Waals surface area contributed by atoms with Crippen LogP contribution in [0.3, 0.4) is 0 Å². The van der Waals surface area contributed by atoms with Crippen LogP contribution in [0, 0.1) is 0 Å². The number of carboxylic acids is 1. The van der Waals surface area contributed by atoms with Crippen LogP contribution in [-0.4, -0.2) is 35.3 Å². The third-order valence-electron chi connectivity index (χ3n) is 2.79. The van der Waals surface area contributed by atoms with Gasteiger partial charge in [-0.15, -0.1) is 0 Å². The standard InChI is InChI=1S/C13H15N3O4S/c1-10(9-16-8-2-7-14-16)15-21(19,20)12-5-3-11(4-6-12)13(17)18/h2-8,10,15H,9H2,1H3,(H,17,18)/t10-/m1/s1. The number of hydrogen-bond donors (Lipinski definition) is 2. The molecule has 2 N–H and O–H groups in total. The number of benzene rings is 1. The lowest BCUT2D eigenvalue weighted by Crippen LogP contribution is -2.35. The van der Waals surface area contributed by atoms with Crippen molar-refractivity contribution in [1.29, 1.82) is 0 Å². The molecule has 0 unspecified atom stereocenters. The Labute approximate surface area is 122 Å². The van der Waals surface area contributed by atoms with Gasteiger partial charge in [-0.3, -0.25) is 4.68 Å². The number of hydrogen-bond acceptors (Lipinski definition) is 4. The molecular formula is C13H15N3O4S.